The molecule has 1 amide bonds. The van der Waals surface area contributed by atoms with Crippen LogP contribution >= 0.6 is 0 Å². The Morgan fingerprint density at radius 3 is 2.57 bits per heavy atom. The van der Waals surface area contributed by atoms with Crippen molar-refractivity contribution in [3.05, 3.63) is 60.9 Å². The molecule has 4 aromatic rings. The summed E-state index contributed by atoms with van der Waals surface area (Å²) < 4.78 is 7.79. The average Bonchev–Trinajstić information content (AvgIpc) is 3.30. The van der Waals surface area contributed by atoms with Crippen molar-refractivity contribution in [1.82, 2.24) is 24.6 Å². The number of para-hydroxylation sites is 1. The van der Waals surface area contributed by atoms with E-state index in [0.29, 0.717) is 47.8 Å². The highest BCUT2D eigenvalue weighted by Gasteiger charge is 2.31. The first-order valence-electron chi connectivity index (χ1n) is 12.7. The van der Waals surface area contributed by atoms with Crippen molar-refractivity contribution in [3.8, 4) is 22.8 Å². The highest BCUT2D eigenvalue weighted by molar-refractivity contribution is 5.98. The summed E-state index contributed by atoms with van der Waals surface area (Å²) in [6, 6.07) is 17.2. The smallest absolute Gasteiger partial charge is 0.251 e. The van der Waals surface area contributed by atoms with Crippen LogP contribution in [0, 0.1) is 5.92 Å². The predicted molar refractivity (Wildman–Crippen MR) is 142 cm³/mol. The van der Waals surface area contributed by atoms with Crippen molar-refractivity contribution in [2.75, 3.05) is 18.8 Å². The van der Waals surface area contributed by atoms with Crippen LogP contribution in [0.3, 0.4) is 0 Å². The number of rotatable bonds is 7. The fourth-order valence-corrected chi connectivity index (χ4v) is 4.87. The molecule has 2 unspecified atom stereocenters. The SMILES string of the molecule is CC(C)CC(O)C(=O)N1CCCC(n2nc(-c3ccc(Oc4ccccc4)cc3)c3c(N)ncnc32)C1. The van der Waals surface area contributed by atoms with Gasteiger partial charge in [0.05, 0.1) is 11.4 Å². The molecule has 1 saturated heterocycles. The second-order valence-electron chi connectivity index (χ2n) is 9.92. The van der Waals surface area contributed by atoms with Crippen molar-refractivity contribution in [1.29, 1.82) is 0 Å². The topological polar surface area (TPSA) is 119 Å². The van der Waals surface area contributed by atoms with Gasteiger partial charge in [0.25, 0.3) is 5.91 Å². The van der Waals surface area contributed by atoms with Gasteiger partial charge in [0.2, 0.25) is 0 Å². The Bertz CT molecular complexity index is 1370. The Balaban J connectivity index is 1.43. The van der Waals surface area contributed by atoms with Crippen LogP contribution in [-0.4, -0.2) is 54.9 Å². The molecule has 0 spiro atoms. The molecular weight excluding hydrogens is 468 g/mol. The number of benzene rings is 2. The van der Waals surface area contributed by atoms with Gasteiger partial charge in [0.1, 0.15) is 35.4 Å². The Labute approximate surface area is 215 Å². The van der Waals surface area contributed by atoms with E-state index in [9.17, 15) is 9.90 Å². The van der Waals surface area contributed by atoms with Crippen LogP contribution in [-0.2, 0) is 4.79 Å². The lowest BCUT2D eigenvalue weighted by atomic mass is 10.0. The van der Waals surface area contributed by atoms with E-state index >= 15 is 0 Å². The number of hydrogen-bond donors (Lipinski definition) is 2. The molecule has 0 saturated carbocycles. The first-order chi connectivity index (χ1) is 17.9. The number of carbonyl (C=O) groups excluding carboxylic acids is 1. The van der Waals surface area contributed by atoms with Crippen LogP contribution in [0.15, 0.2) is 60.9 Å². The summed E-state index contributed by atoms with van der Waals surface area (Å²) in [6.07, 6.45) is 2.55. The number of aromatic nitrogens is 4. The summed E-state index contributed by atoms with van der Waals surface area (Å²) in [6.45, 7) is 5.07. The molecule has 2 aromatic heterocycles. The van der Waals surface area contributed by atoms with E-state index in [1.807, 2.05) is 73.1 Å². The molecule has 2 aromatic carbocycles. The maximum absolute atomic E-state index is 12.9. The van der Waals surface area contributed by atoms with E-state index in [2.05, 4.69) is 9.97 Å². The Morgan fingerprint density at radius 1 is 1.11 bits per heavy atom. The lowest BCUT2D eigenvalue weighted by Crippen LogP contribution is -2.45. The van der Waals surface area contributed by atoms with Crippen LogP contribution < -0.4 is 10.5 Å². The third kappa shape index (κ3) is 5.27. The molecule has 37 heavy (non-hydrogen) atoms. The summed E-state index contributed by atoms with van der Waals surface area (Å²) in [4.78, 5) is 23.4. The highest BCUT2D eigenvalue weighted by Crippen LogP contribution is 2.35. The Kier molecular flexibility index (Phi) is 7.05. The first kappa shape index (κ1) is 24.7. The monoisotopic (exact) mass is 500 g/mol. The second kappa shape index (κ2) is 10.6. The number of ether oxygens (including phenoxy) is 1. The Hall–Kier alpha value is -3.98. The molecule has 9 nitrogen and oxygen atoms in total. The van der Waals surface area contributed by atoms with Gasteiger partial charge in [-0.3, -0.25) is 4.79 Å². The van der Waals surface area contributed by atoms with Crippen molar-refractivity contribution < 1.29 is 14.6 Å². The minimum absolute atomic E-state index is 0.0878. The molecule has 3 N–H and O–H groups in total. The zero-order chi connectivity index (χ0) is 25.9. The molecule has 5 rings (SSSR count). The van der Waals surface area contributed by atoms with E-state index in [1.54, 1.807) is 4.90 Å². The average molecular weight is 501 g/mol. The summed E-state index contributed by atoms with van der Waals surface area (Å²) in [5.41, 5.74) is 8.48. The van der Waals surface area contributed by atoms with E-state index in [-0.39, 0.29) is 17.9 Å². The third-order valence-corrected chi connectivity index (χ3v) is 6.66. The molecule has 1 aliphatic rings. The van der Waals surface area contributed by atoms with Gasteiger partial charge in [-0.1, -0.05) is 32.0 Å². The number of anilines is 1. The number of fused-ring (bicyclic) bond motifs is 1. The summed E-state index contributed by atoms with van der Waals surface area (Å²) >= 11 is 0. The van der Waals surface area contributed by atoms with Gasteiger partial charge in [-0.25, -0.2) is 14.6 Å². The van der Waals surface area contributed by atoms with Crippen LogP contribution in [0.5, 0.6) is 11.5 Å². The number of nitrogens with zero attached hydrogens (tertiary/aromatic N) is 5. The van der Waals surface area contributed by atoms with Crippen LogP contribution in [0.2, 0.25) is 0 Å². The summed E-state index contributed by atoms with van der Waals surface area (Å²) in [5.74, 6) is 1.84. The number of aliphatic hydroxyl groups excluding tert-OH is 1. The second-order valence-corrected chi connectivity index (χ2v) is 9.92. The fourth-order valence-electron chi connectivity index (χ4n) is 4.87. The number of likely N-dealkylation sites (tertiary alicyclic amines) is 1. The molecule has 9 heteroatoms. The van der Waals surface area contributed by atoms with Gasteiger partial charge in [0, 0.05) is 18.7 Å². The number of amides is 1. The minimum Gasteiger partial charge on any atom is -0.457 e. The van der Waals surface area contributed by atoms with E-state index in [1.165, 1.54) is 6.33 Å². The van der Waals surface area contributed by atoms with Gasteiger partial charge in [-0.15, -0.1) is 0 Å². The van der Waals surface area contributed by atoms with Crippen molar-refractivity contribution in [2.45, 2.75) is 45.3 Å². The molecule has 0 bridgehead atoms. The quantitative estimate of drug-likeness (QED) is 0.385. The lowest BCUT2D eigenvalue weighted by Gasteiger charge is -2.34. The largest absolute Gasteiger partial charge is 0.457 e. The number of aliphatic hydroxyl groups is 1. The molecular formula is C28H32N6O3. The zero-order valence-corrected chi connectivity index (χ0v) is 21.1. The zero-order valence-electron chi connectivity index (χ0n) is 21.1. The molecule has 1 aliphatic heterocycles. The van der Waals surface area contributed by atoms with Gasteiger partial charge in [-0.2, -0.15) is 5.10 Å². The summed E-state index contributed by atoms with van der Waals surface area (Å²) in [5, 5.41) is 16.0. The van der Waals surface area contributed by atoms with Crippen LogP contribution in [0.4, 0.5) is 5.82 Å². The molecule has 3 heterocycles. The molecule has 2 atom stereocenters. The van der Waals surface area contributed by atoms with E-state index in [4.69, 9.17) is 15.6 Å². The van der Waals surface area contributed by atoms with Crippen molar-refractivity contribution in [2.24, 2.45) is 5.92 Å². The maximum atomic E-state index is 12.9. The van der Waals surface area contributed by atoms with Crippen LogP contribution in [0.25, 0.3) is 22.3 Å². The highest BCUT2D eigenvalue weighted by atomic mass is 16.5. The van der Waals surface area contributed by atoms with E-state index < -0.39 is 6.10 Å². The molecule has 0 radical (unpaired) electrons. The van der Waals surface area contributed by atoms with Crippen LogP contribution in [0.1, 0.15) is 39.2 Å². The van der Waals surface area contributed by atoms with Gasteiger partial charge in [0.15, 0.2) is 5.65 Å². The van der Waals surface area contributed by atoms with Crippen molar-refractivity contribution in [3.63, 3.8) is 0 Å². The summed E-state index contributed by atoms with van der Waals surface area (Å²) in [7, 11) is 0. The standard InChI is InChI=1S/C28H32N6O3/c1-18(2)15-23(35)28(36)33-14-6-7-20(16-33)34-27-24(26(29)30-17-31-27)25(32-34)19-10-12-22(13-11-19)37-21-8-4-3-5-9-21/h3-5,8-13,17-18,20,23,35H,6-7,14-16H2,1-2H3,(H2,29,30,31). The lowest BCUT2D eigenvalue weighted by molar-refractivity contribution is -0.142. The normalized spacial score (nSPS) is 16.8. The van der Waals surface area contributed by atoms with Gasteiger partial charge in [-0.05, 0) is 61.6 Å². The maximum Gasteiger partial charge on any atom is 0.251 e. The number of piperidine rings is 1. The van der Waals surface area contributed by atoms with Crippen molar-refractivity contribution >= 4 is 22.8 Å². The minimum atomic E-state index is -0.988. The predicted octanol–water partition coefficient (Wildman–Crippen LogP) is 4.44. The third-order valence-electron chi connectivity index (χ3n) is 6.66. The van der Waals surface area contributed by atoms with Gasteiger partial charge < -0.3 is 20.5 Å². The molecule has 192 valence electrons. The number of nitrogen functional groups attached to an aromatic ring is 1. The van der Waals surface area contributed by atoms with E-state index in [0.717, 1.165) is 24.2 Å². The van der Waals surface area contributed by atoms with Gasteiger partial charge >= 0.3 is 0 Å². The number of carbonyl (C=O) groups is 1. The molecule has 0 aliphatic carbocycles. The Morgan fingerprint density at radius 2 is 1.84 bits per heavy atom. The number of nitrogens with two attached hydrogens (primary N) is 1. The molecule has 1 fully saturated rings. The number of hydrogen-bond acceptors (Lipinski definition) is 7. The first-order valence-corrected chi connectivity index (χ1v) is 12.7. The fraction of sp³-hybridized carbons (Fsp3) is 0.357.